The molecule has 4 nitrogen and oxygen atoms in total. The zero-order chi connectivity index (χ0) is 11.9. The Bertz CT molecular complexity index is 453. The van der Waals surface area contributed by atoms with Gasteiger partial charge in [-0.25, -0.2) is 0 Å². The van der Waals surface area contributed by atoms with Gasteiger partial charge in [-0.1, -0.05) is 6.04 Å². The number of carbonyl (C=O) groups excluding carboxylic acids is 1. The van der Waals surface area contributed by atoms with Crippen LogP contribution in [0.5, 0.6) is 5.75 Å². The van der Waals surface area contributed by atoms with Crippen molar-refractivity contribution in [3.05, 3.63) is 17.6 Å². The van der Waals surface area contributed by atoms with Gasteiger partial charge in [0.15, 0.2) is 5.75 Å². The third kappa shape index (κ3) is 1.52. The van der Waals surface area contributed by atoms with Crippen molar-refractivity contribution in [2.45, 2.75) is 30.7 Å². The molecule has 1 saturated heterocycles. The lowest BCUT2D eigenvalue weighted by molar-refractivity contribution is -0.142. The van der Waals surface area contributed by atoms with E-state index in [0.29, 0.717) is 13.0 Å². The molecule has 2 bridgehead atoms. The van der Waals surface area contributed by atoms with E-state index in [1.54, 1.807) is 0 Å². The molecule has 2 aliphatic heterocycles. The van der Waals surface area contributed by atoms with Gasteiger partial charge < -0.3 is 13.9 Å². The monoisotopic (exact) mass is 252 g/mol. The van der Waals surface area contributed by atoms with Gasteiger partial charge in [-0.2, -0.15) is 0 Å². The average molecular weight is 252 g/mol. The Morgan fingerprint density at radius 2 is 2.41 bits per heavy atom. The van der Waals surface area contributed by atoms with Gasteiger partial charge in [0.25, 0.3) is 0 Å². The van der Waals surface area contributed by atoms with E-state index in [1.807, 2.05) is 6.07 Å². The molecule has 0 N–H and O–H groups in total. The molecule has 3 rings (SSSR count). The Balaban J connectivity index is 1.77. The number of furan rings is 1. The molecule has 0 aliphatic carbocycles. The van der Waals surface area contributed by atoms with E-state index in [0.717, 1.165) is 36.7 Å². The smallest absolute Gasteiger partial charge is 0.320 e. The van der Waals surface area contributed by atoms with Crippen molar-refractivity contribution in [2.24, 2.45) is 0 Å². The highest BCUT2D eigenvalue weighted by molar-refractivity contribution is 6.08. The predicted molar refractivity (Wildman–Crippen MR) is 64.5 cm³/mol. The lowest BCUT2D eigenvalue weighted by Gasteiger charge is -2.18. The maximum atomic E-state index is 11.8. The SMILES string of the molecule is O=C1OCCC12Cc1oc2cc1OCCC[SiH3]. The first-order chi connectivity index (χ1) is 8.26. The van der Waals surface area contributed by atoms with Crippen LogP contribution >= 0.6 is 0 Å². The van der Waals surface area contributed by atoms with Gasteiger partial charge >= 0.3 is 5.97 Å². The molecule has 0 radical (unpaired) electrons. The number of carbonyl (C=O) groups is 1. The first-order valence-corrected chi connectivity index (χ1v) is 7.61. The van der Waals surface area contributed by atoms with Crippen molar-refractivity contribution in [2.75, 3.05) is 13.2 Å². The summed E-state index contributed by atoms with van der Waals surface area (Å²) in [4.78, 5) is 11.8. The summed E-state index contributed by atoms with van der Waals surface area (Å²) < 4.78 is 16.4. The number of esters is 1. The van der Waals surface area contributed by atoms with Gasteiger partial charge in [0.2, 0.25) is 0 Å². The quantitative estimate of drug-likeness (QED) is 0.447. The molecular formula is C12H16O4Si. The van der Waals surface area contributed by atoms with Crippen LogP contribution in [0.4, 0.5) is 0 Å². The van der Waals surface area contributed by atoms with Gasteiger partial charge in [-0.05, 0) is 6.42 Å². The lowest BCUT2D eigenvalue weighted by atomic mass is 9.79. The van der Waals surface area contributed by atoms with Crippen LogP contribution in [0.2, 0.25) is 6.04 Å². The fourth-order valence-corrected chi connectivity index (χ4v) is 2.81. The van der Waals surface area contributed by atoms with E-state index < -0.39 is 5.41 Å². The fraction of sp³-hybridized carbons (Fsp3) is 0.583. The van der Waals surface area contributed by atoms with Crippen LogP contribution < -0.4 is 4.74 Å². The van der Waals surface area contributed by atoms with Crippen LogP contribution in [0.3, 0.4) is 0 Å². The minimum absolute atomic E-state index is 0.141. The van der Waals surface area contributed by atoms with Crippen LogP contribution in [0.25, 0.3) is 0 Å². The molecule has 17 heavy (non-hydrogen) atoms. The van der Waals surface area contributed by atoms with Crippen LogP contribution in [0, 0.1) is 0 Å². The summed E-state index contributed by atoms with van der Waals surface area (Å²) >= 11 is 0. The number of ether oxygens (including phenoxy) is 2. The summed E-state index contributed by atoms with van der Waals surface area (Å²) in [5, 5.41) is 0. The standard InChI is InChI=1S/C12H16O4Si/c13-11-12(2-4-15-11)7-9-8(6-10(12)16-9)14-3-1-5-17/h6H,1-5,7H2,17H3. The van der Waals surface area contributed by atoms with E-state index >= 15 is 0 Å². The maximum Gasteiger partial charge on any atom is 0.320 e. The van der Waals surface area contributed by atoms with E-state index in [4.69, 9.17) is 13.9 Å². The summed E-state index contributed by atoms with van der Waals surface area (Å²) in [5.74, 6) is 2.22. The summed E-state index contributed by atoms with van der Waals surface area (Å²) in [6, 6.07) is 3.12. The summed E-state index contributed by atoms with van der Waals surface area (Å²) in [6.45, 7) is 1.25. The van der Waals surface area contributed by atoms with Crippen molar-refractivity contribution < 1.29 is 18.7 Å². The molecule has 1 aromatic heterocycles. The summed E-state index contributed by atoms with van der Waals surface area (Å²) in [6.07, 6.45) is 2.45. The Hall–Kier alpha value is -1.23. The third-order valence-electron chi connectivity index (χ3n) is 3.61. The Morgan fingerprint density at radius 3 is 3.00 bits per heavy atom. The number of hydrogen-bond donors (Lipinski definition) is 0. The zero-order valence-electron chi connectivity index (χ0n) is 9.95. The molecule has 0 amide bonds. The predicted octanol–water partition coefficient (Wildman–Crippen LogP) is 0.573. The van der Waals surface area contributed by atoms with Crippen molar-refractivity contribution in [3.8, 4) is 5.75 Å². The second-order valence-corrected chi connectivity index (χ2v) is 5.74. The molecule has 1 fully saturated rings. The zero-order valence-corrected chi connectivity index (χ0v) is 12.0. The minimum atomic E-state index is -0.514. The Kier molecular flexibility index (Phi) is 2.50. The molecule has 0 aromatic carbocycles. The highest BCUT2D eigenvalue weighted by Crippen LogP contribution is 2.48. The first-order valence-electron chi connectivity index (χ1n) is 6.19. The second-order valence-electron chi connectivity index (χ2n) is 4.74. The van der Waals surface area contributed by atoms with Gasteiger partial charge in [0, 0.05) is 29.2 Å². The minimum Gasteiger partial charge on any atom is -0.490 e. The van der Waals surface area contributed by atoms with Gasteiger partial charge in [-0.15, -0.1) is 0 Å². The maximum absolute atomic E-state index is 11.8. The molecule has 92 valence electrons. The van der Waals surface area contributed by atoms with Gasteiger partial charge in [0.1, 0.15) is 16.9 Å². The second kappa shape index (κ2) is 3.91. The van der Waals surface area contributed by atoms with Crippen LogP contribution in [0.1, 0.15) is 24.4 Å². The highest BCUT2D eigenvalue weighted by atomic mass is 28.1. The van der Waals surface area contributed by atoms with Crippen LogP contribution in [-0.4, -0.2) is 29.4 Å². The Morgan fingerprint density at radius 1 is 1.53 bits per heavy atom. The molecular weight excluding hydrogens is 236 g/mol. The molecule has 0 saturated carbocycles. The highest BCUT2D eigenvalue weighted by Gasteiger charge is 2.54. The topological polar surface area (TPSA) is 48.7 Å². The molecule has 1 spiro atoms. The van der Waals surface area contributed by atoms with E-state index in [1.165, 1.54) is 16.3 Å². The average Bonchev–Trinajstić information content (AvgIpc) is 2.96. The van der Waals surface area contributed by atoms with Crippen molar-refractivity contribution in [3.63, 3.8) is 0 Å². The van der Waals surface area contributed by atoms with Crippen molar-refractivity contribution >= 4 is 16.2 Å². The summed E-state index contributed by atoms with van der Waals surface area (Å²) in [7, 11) is 1.22. The number of hydrogen-bond acceptors (Lipinski definition) is 4. The van der Waals surface area contributed by atoms with Gasteiger partial charge in [0.05, 0.1) is 13.2 Å². The third-order valence-corrected chi connectivity index (χ3v) is 4.32. The first kappa shape index (κ1) is 10.9. The number of fused-ring (bicyclic) bond motifs is 3. The largest absolute Gasteiger partial charge is 0.490 e. The fourth-order valence-electron chi connectivity index (χ4n) is 2.52. The molecule has 1 atom stereocenters. The molecule has 5 heteroatoms. The molecule has 2 aliphatic rings. The van der Waals surface area contributed by atoms with Crippen LogP contribution in [-0.2, 0) is 21.4 Å². The van der Waals surface area contributed by atoms with Crippen molar-refractivity contribution in [1.82, 2.24) is 0 Å². The lowest BCUT2D eigenvalue weighted by Crippen LogP contribution is -2.31. The van der Waals surface area contributed by atoms with E-state index in [-0.39, 0.29) is 5.97 Å². The molecule has 1 aromatic rings. The normalized spacial score (nSPS) is 25.8. The summed E-state index contributed by atoms with van der Waals surface area (Å²) in [5.41, 5.74) is -0.514. The number of cyclic esters (lactones) is 1. The van der Waals surface area contributed by atoms with Crippen LogP contribution in [0.15, 0.2) is 10.5 Å². The van der Waals surface area contributed by atoms with E-state index in [9.17, 15) is 4.79 Å². The molecule has 3 heterocycles. The number of rotatable bonds is 4. The Labute approximate surface area is 103 Å². The molecule has 1 unspecified atom stereocenters. The van der Waals surface area contributed by atoms with Gasteiger partial charge in [-0.3, -0.25) is 4.79 Å². The van der Waals surface area contributed by atoms with E-state index in [2.05, 4.69) is 0 Å². The van der Waals surface area contributed by atoms with Crippen molar-refractivity contribution in [1.29, 1.82) is 0 Å².